The summed E-state index contributed by atoms with van der Waals surface area (Å²) in [5, 5.41) is 13.4. The fourth-order valence-electron chi connectivity index (χ4n) is 4.91. The molecule has 0 aliphatic carbocycles. The van der Waals surface area contributed by atoms with E-state index in [2.05, 4.69) is 25.4 Å². The van der Waals surface area contributed by atoms with Gasteiger partial charge in [-0.2, -0.15) is 0 Å². The average molecular weight is 489 g/mol. The third-order valence-electron chi connectivity index (χ3n) is 6.77. The predicted octanol–water partition coefficient (Wildman–Crippen LogP) is 2.93. The molecule has 4 heterocycles. The Bertz CT molecular complexity index is 1440. The van der Waals surface area contributed by atoms with Gasteiger partial charge in [0.15, 0.2) is 17.3 Å². The van der Waals surface area contributed by atoms with Gasteiger partial charge in [-0.05, 0) is 64.9 Å². The Labute approximate surface area is 207 Å². The number of aryl methyl sites for hydroxylation is 1. The van der Waals surface area contributed by atoms with Crippen LogP contribution in [-0.4, -0.2) is 49.6 Å². The van der Waals surface area contributed by atoms with E-state index in [0.717, 1.165) is 58.8 Å². The fraction of sp³-hybridized carbons (Fsp3) is 0.385. The van der Waals surface area contributed by atoms with Crippen LogP contribution in [-0.2, 0) is 30.9 Å². The van der Waals surface area contributed by atoms with E-state index >= 15 is 0 Å². The van der Waals surface area contributed by atoms with Crippen molar-refractivity contribution < 1.29 is 14.2 Å². The molecule has 0 radical (unpaired) electrons. The van der Waals surface area contributed by atoms with E-state index in [1.807, 2.05) is 54.1 Å². The Morgan fingerprint density at radius 3 is 2.92 bits per heavy atom. The highest BCUT2D eigenvalue weighted by atomic mass is 16.7. The molecular formula is C26H28N6O4. The van der Waals surface area contributed by atoms with Crippen LogP contribution < -0.4 is 15.0 Å². The van der Waals surface area contributed by atoms with Crippen molar-refractivity contribution in [3.05, 3.63) is 75.3 Å². The van der Waals surface area contributed by atoms with E-state index in [9.17, 15) is 4.79 Å². The zero-order valence-electron chi connectivity index (χ0n) is 20.1. The van der Waals surface area contributed by atoms with Gasteiger partial charge in [-0.15, -0.1) is 5.10 Å². The Morgan fingerprint density at radius 1 is 1.11 bits per heavy atom. The maximum atomic E-state index is 13.0. The summed E-state index contributed by atoms with van der Waals surface area (Å²) in [5.41, 5.74) is 3.56. The lowest BCUT2D eigenvalue weighted by atomic mass is 10.1. The summed E-state index contributed by atoms with van der Waals surface area (Å²) < 4.78 is 18.6. The summed E-state index contributed by atoms with van der Waals surface area (Å²) in [6.07, 6.45) is 2.19. The van der Waals surface area contributed by atoms with Gasteiger partial charge >= 0.3 is 0 Å². The second-order valence-electron chi connectivity index (χ2n) is 9.41. The third kappa shape index (κ3) is 4.69. The van der Waals surface area contributed by atoms with E-state index in [1.165, 1.54) is 0 Å². The average Bonchev–Trinajstić information content (AvgIpc) is 3.63. The highest BCUT2D eigenvalue weighted by Gasteiger charge is 2.21. The standard InChI is InChI=1S/C26H28N6O4/c1-17-4-2-5-19-11-20(26(33)27-25(17)19)13-31(12-18-7-8-22-23(10-18)36-16-35-22)15-24-28-29-30-32(24)14-21-6-3-9-34-21/h2,4-5,7-8,10-11,21H,3,6,9,12-16H2,1H3,(H,27,33). The Balaban J connectivity index is 1.29. The van der Waals surface area contributed by atoms with Crippen LogP contribution in [0.3, 0.4) is 0 Å². The zero-order valence-corrected chi connectivity index (χ0v) is 20.1. The lowest BCUT2D eigenvalue weighted by Gasteiger charge is -2.22. The first-order valence-corrected chi connectivity index (χ1v) is 12.2. The minimum atomic E-state index is -0.0913. The number of pyridine rings is 1. The largest absolute Gasteiger partial charge is 0.454 e. The number of H-pyrrole nitrogens is 1. The first-order chi connectivity index (χ1) is 17.6. The molecule has 1 unspecified atom stereocenters. The van der Waals surface area contributed by atoms with Crippen LogP contribution in [0.4, 0.5) is 0 Å². The van der Waals surface area contributed by atoms with Crippen LogP contribution in [0.5, 0.6) is 11.5 Å². The SMILES string of the molecule is Cc1cccc2cc(CN(Cc3ccc4c(c3)OCO4)Cc3nnnn3CC3CCCO3)c(=O)[nH]c12. The minimum absolute atomic E-state index is 0.0913. The summed E-state index contributed by atoms with van der Waals surface area (Å²) in [4.78, 5) is 18.3. The number of nitrogens with one attached hydrogen (secondary N) is 1. The number of ether oxygens (including phenoxy) is 3. The molecule has 0 spiro atoms. The molecule has 10 nitrogen and oxygen atoms in total. The maximum Gasteiger partial charge on any atom is 0.252 e. The van der Waals surface area contributed by atoms with E-state index < -0.39 is 0 Å². The van der Waals surface area contributed by atoms with Crippen molar-refractivity contribution in [2.75, 3.05) is 13.4 Å². The maximum absolute atomic E-state index is 13.0. The van der Waals surface area contributed by atoms with Crippen molar-refractivity contribution in [3.8, 4) is 11.5 Å². The molecule has 2 aliphatic rings. The Kier molecular flexibility index (Phi) is 6.12. The van der Waals surface area contributed by atoms with Gasteiger partial charge in [-0.3, -0.25) is 9.69 Å². The molecule has 1 fully saturated rings. The molecule has 186 valence electrons. The molecule has 0 saturated carbocycles. The summed E-state index contributed by atoms with van der Waals surface area (Å²) in [5.74, 6) is 2.21. The first-order valence-electron chi connectivity index (χ1n) is 12.2. The number of tetrazole rings is 1. The van der Waals surface area contributed by atoms with Gasteiger partial charge in [-0.1, -0.05) is 24.3 Å². The van der Waals surface area contributed by atoms with Crippen LogP contribution in [0.15, 0.2) is 47.3 Å². The van der Waals surface area contributed by atoms with Crippen LogP contribution in [0.25, 0.3) is 10.9 Å². The van der Waals surface area contributed by atoms with Crippen LogP contribution in [0.2, 0.25) is 0 Å². The molecule has 6 rings (SSSR count). The summed E-state index contributed by atoms with van der Waals surface area (Å²) in [6, 6.07) is 13.9. The molecule has 2 aromatic carbocycles. The van der Waals surface area contributed by atoms with E-state index in [-0.39, 0.29) is 18.5 Å². The number of rotatable bonds is 8. The summed E-state index contributed by atoms with van der Waals surface area (Å²) >= 11 is 0. The molecule has 1 atom stereocenters. The number of aromatic amines is 1. The molecule has 0 bridgehead atoms. The number of hydrogen-bond donors (Lipinski definition) is 1. The normalized spacial score (nSPS) is 16.9. The van der Waals surface area contributed by atoms with Crippen molar-refractivity contribution in [2.24, 2.45) is 0 Å². The van der Waals surface area contributed by atoms with Gasteiger partial charge in [0.2, 0.25) is 6.79 Å². The molecule has 10 heteroatoms. The van der Waals surface area contributed by atoms with E-state index in [4.69, 9.17) is 14.2 Å². The van der Waals surface area contributed by atoms with Gasteiger partial charge in [0.25, 0.3) is 5.56 Å². The van der Waals surface area contributed by atoms with E-state index in [1.54, 1.807) is 0 Å². The molecule has 1 N–H and O–H groups in total. The quantitative estimate of drug-likeness (QED) is 0.403. The minimum Gasteiger partial charge on any atom is -0.454 e. The highest BCUT2D eigenvalue weighted by Crippen LogP contribution is 2.33. The van der Waals surface area contributed by atoms with Crippen LogP contribution >= 0.6 is 0 Å². The van der Waals surface area contributed by atoms with Gasteiger partial charge in [0.1, 0.15) is 0 Å². The van der Waals surface area contributed by atoms with Crippen molar-refractivity contribution in [3.63, 3.8) is 0 Å². The van der Waals surface area contributed by atoms with Gasteiger partial charge in [0.05, 0.1) is 24.7 Å². The monoisotopic (exact) mass is 488 g/mol. The second-order valence-corrected chi connectivity index (χ2v) is 9.41. The first kappa shape index (κ1) is 22.7. The lowest BCUT2D eigenvalue weighted by molar-refractivity contribution is 0.0914. The van der Waals surface area contributed by atoms with Crippen molar-refractivity contribution >= 4 is 10.9 Å². The summed E-state index contributed by atoms with van der Waals surface area (Å²) in [7, 11) is 0. The van der Waals surface area contributed by atoms with Crippen molar-refractivity contribution in [1.82, 2.24) is 30.1 Å². The lowest BCUT2D eigenvalue weighted by Crippen LogP contribution is -2.29. The number of benzene rings is 2. The fourth-order valence-corrected chi connectivity index (χ4v) is 4.91. The Morgan fingerprint density at radius 2 is 2.03 bits per heavy atom. The molecule has 0 amide bonds. The van der Waals surface area contributed by atoms with E-state index in [0.29, 0.717) is 31.7 Å². The second kappa shape index (κ2) is 9.71. The number of hydrogen-bond acceptors (Lipinski definition) is 8. The predicted molar refractivity (Wildman–Crippen MR) is 132 cm³/mol. The molecular weight excluding hydrogens is 460 g/mol. The van der Waals surface area contributed by atoms with Gasteiger partial charge in [0, 0.05) is 25.3 Å². The van der Waals surface area contributed by atoms with Gasteiger partial charge < -0.3 is 19.2 Å². The smallest absolute Gasteiger partial charge is 0.252 e. The molecule has 2 aliphatic heterocycles. The number of fused-ring (bicyclic) bond motifs is 2. The van der Waals surface area contributed by atoms with Crippen LogP contribution in [0, 0.1) is 6.92 Å². The highest BCUT2D eigenvalue weighted by molar-refractivity contribution is 5.81. The topological polar surface area (TPSA) is 107 Å². The third-order valence-corrected chi connectivity index (χ3v) is 6.77. The molecule has 36 heavy (non-hydrogen) atoms. The summed E-state index contributed by atoms with van der Waals surface area (Å²) in [6.45, 7) is 5.11. The molecule has 2 aromatic heterocycles. The van der Waals surface area contributed by atoms with Crippen molar-refractivity contribution in [1.29, 1.82) is 0 Å². The number of para-hydroxylation sites is 1. The molecule has 1 saturated heterocycles. The zero-order chi connectivity index (χ0) is 24.5. The molecule has 4 aromatic rings. The number of nitrogens with zero attached hydrogens (tertiary/aromatic N) is 5. The van der Waals surface area contributed by atoms with Gasteiger partial charge in [-0.25, -0.2) is 4.68 Å². The number of aromatic nitrogens is 5. The Hall–Kier alpha value is -3.76. The van der Waals surface area contributed by atoms with Crippen molar-refractivity contribution in [2.45, 2.75) is 52.0 Å². The van der Waals surface area contributed by atoms with Crippen LogP contribution in [0.1, 0.15) is 35.4 Å².